The molecular formula is C35H65NO6. The van der Waals surface area contributed by atoms with E-state index in [0.717, 1.165) is 25.8 Å². The van der Waals surface area contributed by atoms with Gasteiger partial charge < -0.3 is 24.6 Å². The van der Waals surface area contributed by atoms with Gasteiger partial charge in [-0.15, -0.1) is 6.58 Å². The minimum atomic E-state index is -1.07. The number of allylic oxidation sites excluding steroid dienone is 1. The normalized spacial score (nSPS) is 15.0. The van der Waals surface area contributed by atoms with Crippen LogP contribution in [0.3, 0.4) is 0 Å². The zero-order chi connectivity index (χ0) is 31.6. The van der Waals surface area contributed by atoms with Crippen LogP contribution in [0.5, 0.6) is 0 Å². The number of hydrogen-bond donors (Lipinski definition) is 2. The molecular weight excluding hydrogens is 530 g/mol. The van der Waals surface area contributed by atoms with Crippen molar-refractivity contribution in [3.8, 4) is 0 Å². The molecule has 42 heavy (non-hydrogen) atoms. The van der Waals surface area contributed by atoms with Crippen LogP contribution in [0, 0.1) is 17.8 Å². The lowest BCUT2D eigenvalue weighted by Crippen LogP contribution is -2.52. The molecule has 7 heteroatoms. The van der Waals surface area contributed by atoms with Gasteiger partial charge in [-0.1, -0.05) is 110 Å². The van der Waals surface area contributed by atoms with Gasteiger partial charge in [0.25, 0.3) is 0 Å². The molecule has 0 aliphatic rings. The molecule has 0 fully saturated rings. The van der Waals surface area contributed by atoms with Crippen molar-refractivity contribution in [1.29, 1.82) is 0 Å². The molecule has 2 N–H and O–H groups in total. The van der Waals surface area contributed by atoms with Crippen LogP contribution in [0.15, 0.2) is 12.7 Å². The average Bonchev–Trinajstić information content (AvgIpc) is 2.96. The van der Waals surface area contributed by atoms with Gasteiger partial charge in [0.1, 0.15) is 0 Å². The summed E-state index contributed by atoms with van der Waals surface area (Å²) in [5.74, 6) is -4.31. The first-order valence-electron chi connectivity index (χ1n) is 17.2. The van der Waals surface area contributed by atoms with Gasteiger partial charge in [-0.3, -0.25) is 9.59 Å². The fourth-order valence-corrected chi connectivity index (χ4v) is 5.65. The Morgan fingerprint density at radius 1 is 0.571 bits per heavy atom. The number of aliphatic carboxylic acids is 3. The summed E-state index contributed by atoms with van der Waals surface area (Å²) in [6.45, 7) is 11.5. The molecule has 0 amide bonds. The number of carboxylic acids is 3. The highest BCUT2D eigenvalue weighted by atomic mass is 16.4. The lowest BCUT2D eigenvalue weighted by Gasteiger charge is -2.41. The summed E-state index contributed by atoms with van der Waals surface area (Å²) in [4.78, 5) is 34.4. The maximum Gasteiger partial charge on any atom is 0.306 e. The van der Waals surface area contributed by atoms with Gasteiger partial charge in [-0.05, 0) is 25.7 Å². The molecule has 3 atom stereocenters. The maximum atomic E-state index is 11.5. The topological polar surface area (TPSA) is 115 Å². The molecule has 246 valence electrons. The maximum absolute atomic E-state index is 11.5. The lowest BCUT2D eigenvalue weighted by molar-refractivity contribution is -0.929. The highest BCUT2D eigenvalue weighted by Gasteiger charge is 2.30. The van der Waals surface area contributed by atoms with Crippen molar-refractivity contribution in [2.75, 3.05) is 26.2 Å². The zero-order valence-corrected chi connectivity index (χ0v) is 27.5. The quantitative estimate of drug-likeness (QED) is 0.0484. The van der Waals surface area contributed by atoms with Gasteiger partial charge >= 0.3 is 11.9 Å². The van der Waals surface area contributed by atoms with Crippen molar-refractivity contribution in [2.45, 2.75) is 149 Å². The zero-order valence-electron chi connectivity index (χ0n) is 27.5. The summed E-state index contributed by atoms with van der Waals surface area (Å²) in [5.41, 5.74) is 0. The van der Waals surface area contributed by atoms with Crippen molar-refractivity contribution in [3.05, 3.63) is 12.7 Å². The smallest absolute Gasteiger partial charge is 0.306 e. The van der Waals surface area contributed by atoms with Gasteiger partial charge in [0.2, 0.25) is 0 Å². The predicted octanol–water partition coefficient (Wildman–Crippen LogP) is 7.62. The van der Waals surface area contributed by atoms with E-state index >= 15 is 0 Å². The van der Waals surface area contributed by atoms with Crippen LogP contribution in [-0.4, -0.2) is 58.8 Å². The molecule has 0 rings (SSSR count). The van der Waals surface area contributed by atoms with Crippen LogP contribution in [0.25, 0.3) is 0 Å². The molecule has 0 aromatic rings. The van der Waals surface area contributed by atoms with E-state index in [-0.39, 0.29) is 0 Å². The fraction of sp³-hybridized carbons (Fsp3) is 0.857. The van der Waals surface area contributed by atoms with E-state index in [1.165, 1.54) is 89.9 Å². The van der Waals surface area contributed by atoms with Crippen LogP contribution in [0.1, 0.15) is 149 Å². The molecule has 3 unspecified atom stereocenters. The van der Waals surface area contributed by atoms with Crippen molar-refractivity contribution in [2.24, 2.45) is 17.8 Å². The Hall–Kier alpha value is -1.89. The summed E-state index contributed by atoms with van der Waals surface area (Å²) >= 11 is 0. The number of hydrogen-bond acceptors (Lipinski definition) is 4. The van der Waals surface area contributed by atoms with Crippen LogP contribution in [0.2, 0.25) is 0 Å². The van der Waals surface area contributed by atoms with E-state index in [2.05, 4.69) is 6.58 Å². The second-order valence-corrected chi connectivity index (χ2v) is 13.0. The Morgan fingerprint density at radius 2 is 0.881 bits per heavy atom. The first-order valence-corrected chi connectivity index (χ1v) is 17.2. The van der Waals surface area contributed by atoms with Crippen molar-refractivity contribution in [1.82, 2.24) is 0 Å². The molecule has 7 nitrogen and oxygen atoms in total. The van der Waals surface area contributed by atoms with E-state index < -0.39 is 35.7 Å². The van der Waals surface area contributed by atoms with Gasteiger partial charge in [0, 0.05) is 31.1 Å². The average molecular weight is 596 g/mol. The number of quaternary nitrogens is 1. The SMILES string of the molecule is C=CCCCCCCCCCCCCCCCCCC[N+](CCC(C)C(=O)[O-])(CCC(C)C(=O)O)CCC(C)C(=O)O. The van der Waals surface area contributed by atoms with Crippen LogP contribution in [-0.2, 0) is 14.4 Å². The molecule has 0 bridgehead atoms. The number of nitrogens with zero attached hydrogens (tertiary/aromatic N) is 1. The van der Waals surface area contributed by atoms with E-state index in [0.29, 0.717) is 43.4 Å². The molecule has 0 saturated carbocycles. The summed E-state index contributed by atoms with van der Waals surface area (Å²) in [7, 11) is 0. The summed E-state index contributed by atoms with van der Waals surface area (Å²) < 4.78 is 0.585. The van der Waals surface area contributed by atoms with Crippen LogP contribution < -0.4 is 5.11 Å². The van der Waals surface area contributed by atoms with Crippen molar-refractivity contribution >= 4 is 17.9 Å². The van der Waals surface area contributed by atoms with Gasteiger partial charge in [0.05, 0.1) is 38.0 Å². The van der Waals surface area contributed by atoms with Crippen LogP contribution >= 0.6 is 0 Å². The molecule has 0 aromatic heterocycles. The first kappa shape index (κ1) is 40.1. The third-order valence-electron chi connectivity index (χ3n) is 9.15. The largest absolute Gasteiger partial charge is 0.550 e. The Labute approximate surface area is 257 Å². The second-order valence-electron chi connectivity index (χ2n) is 13.0. The molecule has 0 saturated heterocycles. The molecule has 0 heterocycles. The fourth-order valence-electron chi connectivity index (χ4n) is 5.65. The van der Waals surface area contributed by atoms with E-state index in [4.69, 9.17) is 0 Å². The van der Waals surface area contributed by atoms with Gasteiger partial charge in [-0.25, -0.2) is 0 Å². The third kappa shape index (κ3) is 21.8. The number of rotatable bonds is 31. The molecule has 0 aliphatic heterocycles. The standard InChI is InChI=1S/C35H65NO6/c1-5-6-7-8-9-10-11-12-13-14-15-16-17-18-19-20-21-22-26-36(27-23-30(2)33(37)38,28-24-31(3)34(39)40)29-25-32(4)35(41)42/h5,30-32H,1,6-29H2,2-4H3,(H2-,37,38,39,40,41,42). The van der Waals surface area contributed by atoms with Gasteiger partial charge in [0.15, 0.2) is 0 Å². The first-order chi connectivity index (χ1) is 20.0. The van der Waals surface area contributed by atoms with E-state index in [9.17, 15) is 29.7 Å². The lowest BCUT2D eigenvalue weighted by atomic mass is 10.0. The summed E-state index contributed by atoms with van der Waals surface area (Å²) in [6, 6.07) is 0. The number of unbranched alkanes of at least 4 members (excludes halogenated alkanes) is 16. The van der Waals surface area contributed by atoms with E-state index in [1.54, 1.807) is 20.8 Å². The minimum absolute atomic E-state index is 0.446. The Morgan fingerprint density at radius 3 is 1.19 bits per heavy atom. The highest BCUT2D eigenvalue weighted by molar-refractivity contribution is 5.69. The Kier molecular flexibility index (Phi) is 24.4. The predicted molar refractivity (Wildman–Crippen MR) is 170 cm³/mol. The number of carboxylic acid groups (broad SMARTS) is 3. The highest BCUT2D eigenvalue weighted by Crippen LogP contribution is 2.22. The molecule has 0 spiro atoms. The third-order valence-corrected chi connectivity index (χ3v) is 9.15. The minimum Gasteiger partial charge on any atom is -0.550 e. The summed E-state index contributed by atoms with van der Waals surface area (Å²) in [6.07, 6.45) is 25.1. The van der Waals surface area contributed by atoms with Crippen molar-refractivity contribution in [3.63, 3.8) is 0 Å². The monoisotopic (exact) mass is 595 g/mol. The van der Waals surface area contributed by atoms with Crippen LogP contribution in [0.4, 0.5) is 0 Å². The summed E-state index contributed by atoms with van der Waals surface area (Å²) in [5, 5.41) is 30.2. The number of carbonyl (C=O) groups excluding carboxylic acids is 1. The molecule has 0 radical (unpaired) electrons. The van der Waals surface area contributed by atoms with E-state index in [1.807, 2.05) is 6.08 Å². The molecule has 0 aliphatic carbocycles. The molecule has 0 aromatic carbocycles. The second kappa shape index (κ2) is 25.6. The Bertz CT molecular complexity index is 664. The van der Waals surface area contributed by atoms with Crippen molar-refractivity contribution < 1.29 is 34.2 Å². The van der Waals surface area contributed by atoms with Gasteiger partial charge in [-0.2, -0.15) is 0 Å². The Balaban J connectivity index is 4.47. The number of carbonyl (C=O) groups is 3.